The molecule has 6 heteroatoms. The second-order valence-corrected chi connectivity index (χ2v) is 3.78. The van der Waals surface area contributed by atoms with Crippen LogP contribution in [0.2, 0.25) is 0 Å². The molecule has 1 amide bonds. The van der Waals surface area contributed by atoms with Gasteiger partial charge in [0.15, 0.2) is 6.23 Å². The smallest absolute Gasteiger partial charge is 0.307 e. The number of amides is 1. The van der Waals surface area contributed by atoms with Crippen molar-refractivity contribution >= 4 is 11.9 Å². The third kappa shape index (κ3) is 2.03. The van der Waals surface area contributed by atoms with E-state index in [2.05, 4.69) is 10.1 Å². The first-order valence-electron chi connectivity index (χ1n) is 5.24. The minimum atomic E-state index is -0.526. The monoisotopic (exact) mass is 238 g/mol. The zero-order chi connectivity index (χ0) is 12.4. The summed E-state index contributed by atoms with van der Waals surface area (Å²) in [5.41, 5.74) is 0.521. The van der Waals surface area contributed by atoms with E-state index in [1.165, 1.54) is 14.2 Å². The first-order chi connectivity index (χ1) is 8.17. The summed E-state index contributed by atoms with van der Waals surface area (Å²) in [5, 5.41) is 2.70. The lowest BCUT2D eigenvalue weighted by Crippen LogP contribution is -2.48. The number of methoxy groups -OCH3 is 2. The van der Waals surface area contributed by atoms with Gasteiger partial charge in [-0.25, -0.2) is 0 Å². The van der Waals surface area contributed by atoms with E-state index in [1.54, 1.807) is 22.9 Å². The number of esters is 1. The van der Waals surface area contributed by atoms with Crippen molar-refractivity contribution in [3.05, 3.63) is 24.0 Å². The van der Waals surface area contributed by atoms with Crippen molar-refractivity contribution in [2.45, 2.75) is 18.7 Å². The van der Waals surface area contributed by atoms with Crippen LogP contribution in [0, 0.1) is 0 Å². The Morgan fingerprint density at radius 2 is 2.29 bits per heavy atom. The second-order valence-electron chi connectivity index (χ2n) is 3.78. The van der Waals surface area contributed by atoms with Crippen molar-refractivity contribution < 1.29 is 19.1 Å². The molecule has 0 unspecified atom stereocenters. The Labute approximate surface area is 98.5 Å². The summed E-state index contributed by atoms with van der Waals surface area (Å²) in [7, 11) is 2.83. The van der Waals surface area contributed by atoms with Gasteiger partial charge in [-0.2, -0.15) is 0 Å². The van der Waals surface area contributed by atoms with E-state index in [9.17, 15) is 9.59 Å². The highest BCUT2D eigenvalue weighted by atomic mass is 16.5. The van der Waals surface area contributed by atoms with E-state index < -0.39 is 6.23 Å². The van der Waals surface area contributed by atoms with E-state index in [0.29, 0.717) is 5.69 Å². The molecule has 17 heavy (non-hydrogen) atoms. The summed E-state index contributed by atoms with van der Waals surface area (Å²) in [5.74, 6) is -0.546. The first-order valence-corrected chi connectivity index (χ1v) is 5.24. The highest BCUT2D eigenvalue weighted by Crippen LogP contribution is 2.25. The van der Waals surface area contributed by atoms with Gasteiger partial charge in [0, 0.05) is 13.3 Å². The molecule has 2 rings (SSSR count). The van der Waals surface area contributed by atoms with Crippen LogP contribution in [0.4, 0.5) is 0 Å². The number of nitrogens with zero attached hydrogens (tertiary/aromatic N) is 1. The normalized spacial score (nSPS) is 22.8. The fourth-order valence-electron chi connectivity index (χ4n) is 2.00. The predicted octanol–water partition coefficient (Wildman–Crippen LogP) is 0.308. The van der Waals surface area contributed by atoms with Crippen molar-refractivity contribution in [3.8, 4) is 0 Å². The zero-order valence-corrected chi connectivity index (χ0v) is 9.67. The van der Waals surface area contributed by atoms with Crippen LogP contribution in [0.15, 0.2) is 18.3 Å². The van der Waals surface area contributed by atoms with Crippen LogP contribution in [0.25, 0.3) is 0 Å². The maximum absolute atomic E-state index is 11.7. The molecule has 0 bridgehead atoms. The fourth-order valence-corrected chi connectivity index (χ4v) is 2.00. The molecule has 1 aliphatic heterocycles. The molecule has 1 aromatic rings. The maximum Gasteiger partial charge on any atom is 0.307 e. The Hall–Kier alpha value is -1.82. The van der Waals surface area contributed by atoms with Crippen molar-refractivity contribution in [3.63, 3.8) is 0 Å². The van der Waals surface area contributed by atoms with Gasteiger partial charge in [0.1, 0.15) is 5.69 Å². The lowest BCUT2D eigenvalue weighted by molar-refractivity contribution is -0.143. The molecule has 2 heterocycles. The summed E-state index contributed by atoms with van der Waals surface area (Å²) in [6, 6.07) is 3.18. The molecule has 6 nitrogen and oxygen atoms in total. The molecule has 2 atom stereocenters. The van der Waals surface area contributed by atoms with Crippen molar-refractivity contribution in [2.24, 2.45) is 0 Å². The highest BCUT2D eigenvalue weighted by Gasteiger charge is 2.34. The van der Waals surface area contributed by atoms with Gasteiger partial charge in [0.05, 0.1) is 19.6 Å². The predicted molar refractivity (Wildman–Crippen MR) is 58.4 cm³/mol. The average Bonchev–Trinajstić information content (AvgIpc) is 2.81. The van der Waals surface area contributed by atoms with Crippen molar-refractivity contribution in [2.75, 3.05) is 14.2 Å². The maximum atomic E-state index is 11.7. The summed E-state index contributed by atoms with van der Waals surface area (Å²) in [4.78, 5) is 23.0. The van der Waals surface area contributed by atoms with E-state index in [4.69, 9.17) is 4.74 Å². The van der Waals surface area contributed by atoms with E-state index >= 15 is 0 Å². The Bertz CT molecular complexity index is 440. The number of fused-ring (bicyclic) bond motifs is 1. The van der Waals surface area contributed by atoms with Crippen LogP contribution < -0.4 is 5.32 Å². The Morgan fingerprint density at radius 1 is 1.53 bits per heavy atom. The van der Waals surface area contributed by atoms with Crippen molar-refractivity contribution in [1.29, 1.82) is 0 Å². The van der Waals surface area contributed by atoms with Crippen LogP contribution in [-0.2, 0) is 14.3 Å². The molecule has 0 aliphatic carbocycles. The van der Waals surface area contributed by atoms with Gasteiger partial charge in [-0.3, -0.25) is 9.59 Å². The standard InChI is InChI=1S/C11H14N2O4/c1-16-9(14)6-8-11(17-2)12-10(15)7-4-3-5-13(7)8/h3-5,8,11H,6H2,1-2H3,(H,12,15)/t8-,11-/m1/s1. The van der Waals surface area contributed by atoms with Gasteiger partial charge in [-0.1, -0.05) is 0 Å². The summed E-state index contributed by atoms with van der Waals surface area (Å²) in [6.07, 6.45) is 1.38. The minimum Gasteiger partial charge on any atom is -0.469 e. The van der Waals surface area contributed by atoms with Crippen LogP contribution in [0.3, 0.4) is 0 Å². The molecule has 1 N–H and O–H groups in total. The number of carbonyl (C=O) groups excluding carboxylic acids is 2. The Balaban J connectivity index is 2.31. The Morgan fingerprint density at radius 3 is 2.94 bits per heavy atom. The number of hydrogen-bond donors (Lipinski definition) is 1. The zero-order valence-electron chi connectivity index (χ0n) is 9.67. The van der Waals surface area contributed by atoms with Crippen LogP contribution >= 0.6 is 0 Å². The van der Waals surface area contributed by atoms with Crippen LogP contribution in [0.5, 0.6) is 0 Å². The number of ether oxygens (including phenoxy) is 2. The summed E-state index contributed by atoms with van der Waals surface area (Å²) < 4.78 is 11.6. The van der Waals surface area contributed by atoms with Gasteiger partial charge in [-0.05, 0) is 12.1 Å². The topological polar surface area (TPSA) is 69.6 Å². The van der Waals surface area contributed by atoms with E-state index in [0.717, 1.165) is 0 Å². The number of rotatable bonds is 3. The van der Waals surface area contributed by atoms with Crippen molar-refractivity contribution in [1.82, 2.24) is 9.88 Å². The summed E-state index contributed by atoms with van der Waals surface area (Å²) in [6.45, 7) is 0. The van der Waals surface area contributed by atoms with Gasteiger partial charge < -0.3 is 19.4 Å². The molecule has 0 saturated carbocycles. The van der Waals surface area contributed by atoms with Crippen LogP contribution in [0.1, 0.15) is 23.0 Å². The SMILES string of the molecule is COC(=O)C[C@@H]1[C@@H](OC)NC(=O)c2cccn21. The average molecular weight is 238 g/mol. The summed E-state index contributed by atoms with van der Waals surface area (Å²) >= 11 is 0. The molecule has 1 aromatic heterocycles. The third-order valence-corrected chi connectivity index (χ3v) is 2.85. The largest absolute Gasteiger partial charge is 0.469 e. The minimum absolute atomic E-state index is 0.150. The molecular weight excluding hydrogens is 224 g/mol. The lowest BCUT2D eigenvalue weighted by atomic mass is 10.1. The Kier molecular flexibility index (Phi) is 3.14. The lowest BCUT2D eigenvalue weighted by Gasteiger charge is -2.32. The molecule has 1 aliphatic rings. The van der Waals surface area contributed by atoms with E-state index in [-0.39, 0.29) is 24.3 Å². The molecule has 0 fully saturated rings. The molecule has 0 saturated heterocycles. The number of aromatic nitrogens is 1. The number of carbonyl (C=O) groups is 2. The quantitative estimate of drug-likeness (QED) is 0.769. The second kappa shape index (κ2) is 4.58. The van der Waals surface area contributed by atoms with Gasteiger partial charge in [-0.15, -0.1) is 0 Å². The number of nitrogens with one attached hydrogen (secondary N) is 1. The third-order valence-electron chi connectivity index (χ3n) is 2.85. The van der Waals surface area contributed by atoms with Gasteiger partial charge in [0.25, 0.3) is 5.91 Å². The van der Waals surface area contributed by atoms with Crippen LogP contribution in [-0.4, -0.2) is 36.9 Å². The van der Waals surface area contributed by atoms with E-state index in [1.807, 2.05) is 0 Å². The van der Waals surface area contributed by atoms with Gasteiger partial charge >= 0.3 is 5.97 Å². The molecule has 0 radical (unpaired) electrons. The highest BCUT2D eigenvalue weighted by molar-refractivity contribution is 5.93. The fraction of sp³-hybridized carbons (Fsp3) is 0.455. The molecule has 0 aromatic carbocycles. The molecule has 0 spiro atoms. The molecule has 92 valence electrons. The first kappa shape index (κ1) is 11.7. The molecular formula is C11H14N2O4. The number of hydrogen-bond acceptors (Lipinski definition) is 4. The van der Waals surface area contributed by atoms with Gasteiger partial charge in [0.2, 0.25) is 0 Å².